The number of piperidine rings is 1. The molecule has 1 saturated heterocycles. The van der Waals surface area contributed by atoms with E-state index >= 15 is 0 Å². The molecule has 0 bridgehead atoms. The third kappa shape index (κ3) is 2.63. The van der Waals surface area contributed by atoms with Gasteiger partial charge in [-0.25, -0.2) is 0 Å². The Morgan fingerprint density at radius 3 is 2.74 bits per heavy atom. The highest BCUT2D eigenvalue weighted by Crippen LogP contribution is 2.26. The second-order valence-corrected chi connectivity index (χ2v) is 5.36. The molecule has 1 fully saturated rings. The first-order valence-corrected chi connectivity index (χ1v) is 7.03. The predicted octanol–water partition coefficient (Wildman–Crippen LogP) is 1.78. The van der Waals surface area contributed by atoms with Crippen molar-refractivity contribution in [3.63, 3.8) is 0 Å². The summed E-state index contributed by atoms with van der Waals surface area (Å²) in [4.78, 5) is 26.2. The fourth-order valence-electron chi connectivity index (χ4n) is 2.58. The molecule has 2 aliphatic rings. The fourth-order valence-corrected chi connectivity index (χ4v) is 2.58. The lowest BCUT2D eigenvalue weighted by Crippen LogP contribution is -2.49. The minimum Gasteiger partial charge on any atom is -0.315 e. The van der Waals surface area contributed by atoms with E-state index in [0.717, 1.165) is 31.4 Å². The van der Waals surface area contributed by atoms with E-state index in [1.165, 1.54) is 4.90 Å². The lowest BCUT2D eigenvalue weighted by Gasteiger charge is -2.30. The lowest BCUT2D eigenvalue weighted by atomic mass is 10.1. The summed E-state index contributed by atoms with van der Waals surface area (Å²) >= 11 is 0. The van der Waals surface area contributed by atoms with E-state index in [2.05, 4.69) is 5.32 Å². The first-order valence-electron chi connectivity index (χ1n) is 7.03. The van der Waals surface area contributed by atoms with Gasteiger partial charge in [-0.2, -0.15) is 0 Å². The summed E-state index contributed by atoms with van der Waals surface area (Å²) in [6.07, 6.45) is 4.68. The molecule has 19 heavy (non-hydrogen) atoms. The van der Waals surface area contributed by atoms with Gasteiger partial charge in [-0.05, 0) is 39.7 Å². The normalized spacial score (nSPS) is 25.5. The molecular weight excluding hydrogens is 240 g/mol. The van der Waals surface area contributed by atoms with Gasteiger partial charge in [-0.1, -0.05) is 18.6 Å². The van der Waals surface area contributed by atoms with E-state index < -0.39 is 0 Å². The van der Waals surface area contributed by atoms with Gasteiger partial charge >= 0.3 is 0 Å². The van der Waals surface area contributed by atoms with Crippen LogP contribution in [0.25, 0.3) is 0 Å². The Kier molecular flexibility index (Phi) is 4.20. The molecule has 0 aliphatic carbocycles. The minimum absolute atomic E-state index is 0.0107. The van der Waals surface area contributed by atoms with Crippen LogP contribution >= 0.6 is 0 Å². The Bertz CT molecular complexity index is 457. The van der Waals surface area contributed by atoms with Crippen LogP contribution in [-0.4, -0.2) is 35.8 Å². The fraction of sp³-hybridized carbons (Fsp3) is 0.600. The Hall–Kier alpha value is -1.42. The Morgan fingerprint density at radius 2 is 2.16 bits per heavy atom. The van der Waals surface area contributed by atoms with E-state index in [0.29, 0.717) is 17.7 Å². The second-order valence-electron chi connectivity index (χ2n) is 5.36. The minimum atomic E-state index is -0.121. The van der Waals surface area contributed by atoms with Crippen molar-refractivity contribution < 1.29 is 9.59 Å². The molecule has 0 saturated carbocycles. The van der Waals surface area contributed by atoms with Crippen molar-refractivity contribution in [1.82, 2.24) is 10.2 Å². The van der Waals surface area contributed by atoms with Crippen LogP contribution in [-0.2, 0) is 9.59 Å². The molecule has 2 amide bonds. The van der Waals surface area contributed by atoms with Gasteiger partial charge in [0, 0.05) is 17.7 Å². The molecule has 1 atom stereocenters. The molecule has 0 aromatic rings. The predicted molar refractivity (Wildman–Crippen MR) is 74.5 cm³/mol. The molecule has 0 aromatic heterocycles. The Labute approximate surface area is 114 Å². The third-order valence-corrected chi connectivity index (χ3v) is 3.98. The molecule has 104 valence electrons. The van der Waals surface area contributed by atoms with Crippen LogP contribution in [0, 0.1) is 0 Å². The zero-order valence-electron chi connectivity index (χ0n) is 12.0. The van der Waals surface area contributed by atoms with Crippen molar-refractivity contribution in [1.29, 1.82) is 0 Å². The lowest BCUT2D eigenvalue weighted by molar-refractivity contribution is -0.140. The maximum atomic E-state index is 12.5. The molecule has 1 unspecified atom stereocenters. The molecule has 2 heterocycles. The number of amides is 2. The van der Waals surface area contributed by atoms with Gasteiger partial charge in [-0.3, -0.25) is 14.5 Å². The Balaban J connectivity index is 2.24. The number of hydrogen-bond donors (Lipinski definition) is 1. The summed E-state index contributed by atoms with van der Waals surface area (Å²) in [5.41, 5.74) is 2.29. The Morgan fingerprint density at radius 1 is 1.42 bits per heavy atom. The molecular formula is C15H22N2O2. The van der Waals surface area contributed by atoms with Crippen LogP contribution in [0.2, 0.25) is 0 Å². The van der Waals surface area contributed by atoms with E-state index in [-0.39, 0.29) is 17.9 Å². The quantitative estimate of drug-likeness (QED) is 0.789. The van der Waals surface area contributed by atoms with Crippen molar-refractivity contribution in [2.45, 2.75) is 46.1 Å². The van der Waals surface area contributed by atoms with Gasteiger partial charge in [-0.15, -0.1) is 0 Å². The smallest absolute Gasteiger partial charge is 0.261 e. The molecule has 2 rings (SSSR count). The van der Waals surface area contributed by atoms with Crippen LogP contribution < -0.4 is 5.32 Å². The van der Waals surface area contributed by atoms with Gasteiger partial charge < -0.3 is 5.32 Å². The monoisotopic (exact) mass is 262 g/mol. The zero-order chi connectivity index (χ0) is 14.0. The van der Waals surface area contributed by atoms with Gasteiger partial charge in [0.05, 0.1) is 6.04 Å². The van der Waals surface area contributed by atoms with Crippen molar-refractivity contribution in [2.24, 2.45) is 0 Å². The largest absolute Gasteiger partial charge is 0.315 e. The summed E-state index contributed by atoms with van der Waals surface area (Å²) in [7, 11) is 0. The summed E-state index contributed by atoms with van der Waals surface area (Å²) in [5, 5.41) is 3.25. The maximum Gasteiger partial charge on any atom is 0.261 e. The van der Waals surface area contributed by atoms with Gasteiger partial charge in [0.1, 0.15) is 0 Å². The summed E-state index contributed by atoms with van der Waals surface area (Å²) in [6, 6.07) is 0.0107. The molecule has 4 nitrogen and oxygen atoms in total. The third-order valence-electron chi connectivity index (χ3n) is 3.98. The number of allylic oxidation sites excluding steroid dienone is 1. The van der Waals surface area contributed by atoms with Crippen molar-refractivity contribution >= 4 is 11.8 Å². The summed E-state index contributed by atoms with van der Waals surface area (Å²) < 4.78 is 0. The zero-order valence-corrected chi connectivity index (χ0v) is 12.0. The average molecular weight is 262 g/mol. The van der Waals surface area contributed by atoms with Crippen molar-refractivity contribution in [2.75, 3.05) is 13.1 Å². The first-order chi connectivity index (χ1) is 9.06. The van der Waals surface area contributed by atoms with Crippen LogP contribution in [0.3, 0.4) is 0 Å². The molecule has 2 aliphatic heterocycles. The van der Waals surface area contributed by atoms with Gasteiger partial charge in [0.2, 0.25) is 0 Å². The van der Waals surface area contributed by atoms with Crippen LogP contribution in [0.15, 0.2) is 22.8 Å². The number of hydrogen-bond acceptors (Lipinski definition) is 3. The topological polar surface area (TPSA) is 49.4 Å². The van der Waals surface area contributed by atoms with E-state index in [1.54, 1.807) is 6.92 Å². The van der Waals surface area contributed by atoms with Crippen LogP contribution in [0.4, 0.5) is 0 Å². The number of carbonyl (C=O) groups is 2. The number of nitrogens with one attached hydrogen (secondary N) is 1. The van der Waals surface area contributed by atoms with E-state index in [9.17, 15) is 9.59 Å². The average Bonchev–Trinajstić information content (AvgIpc) is 2.63. The summed E-state index contributed by atoms with van der Waals surface area (Å²) in [5.74, 6) is -0.238. The number of rotatable bonds is 3. The highest BCUT2D eigenvalue weighted by molar-refractivity contribution is 6.20. The van der Waals surface area contributed by atoms with Crippen molar-refractivity contribution in [3.05, 3.63) is 22.8 Å². The maximum absolute atomic E-state index is 12.5. The SMILES string of the molecule is CCC(C)=CC1=C(C)C(=O)N(C2CCCNC2)C1=O. The molecule has 4 heteroatoms. The first kappa shape index (κ1) is 14.0. The number of nitrogens with zero attached hydrogens (tertiary/aromatic N) is 1. The van der Waals surface area contributed by atoms with Gasteiger partial charge in [0.15, 0.2) is 0 Å². The number of imide groups is 1. The highest BCUT2D eigenvalue weighted by Gasteiger charge is 2.39. The molecule has 0 spiro atoms. The van der Waals surface area contributed by atoms with Gasteiger partial charge in [0.25, 0.3) is 11.8 Å². The van der Waals surface area contributed by atoms with Crippen molar-refractivity contribution in [3.8, 4) is 0 Å². The number of carbonyl (C=O) groups excluding carboxylic acids is 2. The van der Waals surface area contributed by atoms with E-state index in [4.69, 9.17) is 0 Å². The standard InChI is InChI=1S/C15H22N2O2/c1-4-10(2)8-13-11(3)14(18)17(15(13)19)12-6-5-7-16-9-12/h8,12,16H,4-7,9H2,1-3H3. The van der Waals surface area contributed by atoms with E-state index in [1.807, 2.05) is 19.9 Å². The highest BCUT2D eigenvalue weighted by atomic mass is 16.2. The second kappa shape index (κ2) is 5.70. The van der Waals surface area contributed by atoms with Crippen LogP contribution in [0.1, 0.15) is 40.0 Å². The molecule has 1 N–H and O–H groups in total. The van der Waals surface area contributed by atoms with Crippen LogP contribution in [0.5, 0.6) is 0 Å². The summed E-state index contributed by atoms with van der Waals surface area (Å²) in [6.45, 7) is 7.48. The molecule has 0 aromatic carbocycles. The molecule has 0 radical (unpaired) electrons.